The van der Waals surface area contributed by atoms with Crippen LogP contribution in [0.2, 0.25) is 0 Å². The molecule has 0 radical (unpaired) electrons. The highest BCUT2D eigenvalue weighted by atomic mass is 32.2. The van der Waals surface area contributed by atoms with Gasteiger partial charge in [0.1, 0.15) is 0 Å². The number of carbonyl (C=O) groups excluding carboxylic acids is 1. The summed E-state index contributed by atoms with van der Waals surface area (Å²) in [7, 11) is -3.83. The molecule has 3 aromatic carbocycles. The van der Waals surface area contributed by atoms with E-state index >= 15 is 0 Å². The number of nitrogens with one attached hydrogen (secondary N) is 1. The van der Waals surface area contributed by atoms with E-state index in [1.165, 1.54) is 16.4 Å². The molecule has 0 aliphatic rings. The van der Waals surface area contributed by atoms with E-state index in [4.69, 9.17) is 0 Å². The fourth-order valence-electron chi connectivity index (χ4n) is 3.06. The zero-order chi connectivity index (χ0) is 20.9. The third-order valence-corrected chi connectivity index (χ3v) is 6.36. The molecule has 0 spiro atoms. The van der Waals surface area contributed by atoms with Gasteiger partial charge in [-0.15, -0.1) is 0 Å². The van der Waals surface area contributed by atoms with Crippen LogP contribution in [-0.2, 0) is 21.4 Å². The van der Waals surface area contributed by atoms with Crippen molar-refractivity contribution < 1.29 is 13.2 Å². The van der Waals surface area contributed by atoms with Crippen LogP contribution in [0.3, 0.4) is 0 Å². The van der Waals surface area contributed by atoms with Crippen LogP contribution >= 0.6 is 0 Å². The number of nitrogens with zero attached hydrogens (tertiary/aromatic N) is 1. The smallest absolute Gasteiger partial charge is 0.243 e. The first-order valence-corrected chi connectivity index (χ1v) is 10.8. The molecule has 0 aliphatic heterocycles. The minimum absolute atomic E-state index is 0.109. The van der Waals surface area contributed by atoms with Crippen LogP contribution in [0.4, 0.5) is 5.69 Å². The maximum atomic E-state index is 13.2. The van der Waals surface area contributed by atoms with Gasteiger partial charge in [0.15, 0.2) is 0 Å². The highest BCUT2D eigenvalue weighted by Gasteiger charge is 2.27. The Kier molecular flexibility index (Phi) is 6.46. The zero-order valence-electron chi connectivity index (χ0n) is 16.5. The summed E-state index contributed by atoms with van der Waals surface area (Å²) in [6, 6.07) is 23.1. The fraction of sp³-hybridized carbons (Fsp3) is 0.174. The molecular weight excluding hydrogens is 384 g/mol. The van der Waals surface area contributed by atoms with Crippen LogP contribution in [0.15, 0.2) is 83.8 Å². The summed E-state index contributed by atoms with van der Waals surface area (Å²) in [6.07, 6.45) is 0. The molecule has 3 rings (SSSR count). The highest BCUT2D eigenvalue weighted by molar-refractivity contribution is 7.89. The van der Waals surface area contributed by atoms with Gasteiger partial charge in [-0.25, -0.2) is 8.42 Å². The quantitative estimate of drug-likeness (QED) is 0.639. The van der Waals surface area contributed by atoms with Crippen molar-refractivity contribution in [1.29, 1.82) is 0 Å². The summed E-state index contributed by atoms with van der Waals surface area (Å²) in [4.78, 5) is 12.9. The fourth-order valence-corrected chi connectivity index (χ4v) is 4.46. The number of amides is 1. The Balaban J connectivity index is 1.85. The molecule has 0 atom stereocenters. The third kappa shape index (κ3) is 5.31. The van der Waals surface area contributed by atoms with Crippen LogP contribution in [0.25, 0.3) is 0 Å². The molecule has 0 saturated heterocycles. The van der Waals surface area contributed by atoms with Gasteiger partial charge >= 0.3 is 0 Å². The van der Waals surface area contributed by atoms with Crippen molar-refractivity contribution in [2.45, 2.75) is 25.3 Å². The summed E-state index contributed by atoms with van der Waals surface area (Å²) in [6.45, 7) is 3.72. The van der Waals surface area contributed by atoms with Gasteiger partial charge in [0.25, 0.3) is 0 Å². The zero-order valence-corrected chi connectivity index (χ0v) is 17.3. The lowest BCUT2D eigenvalue weighted by Gasteiger charge is -2.22. The number of hydrogen-bond donors (Lipinski definition) is 1. The summed E-state index contributed by atoms with van der Waals surface area (Å²) in [5.41, 5.74) is 3.51. The largest absolute Gasteiger partial charge is 0.325 e. The van der Waals surface area contributed by atoms with E-state index in [0.29, 0.717) is 5.69 Å². The second kappa shape index (κ2) is 9.03. The van der Waals surface area contributed by atoms with E-state index in [2.05, 4.69) is 5.32 Å². The SMILES string of the molecule is Cc1ccc(NC(=O)CN(Cc2ccccc2)S(=O)(=O)c2ccccc2)c(C)c1. The van der Waals surface area contributed by atoms with Gasteiger partial charge in [-0.1, -0.05) is 66.2 Å². The van der Waals surface area contributed by atoms with E-state index in [9.17, 15) is 13.2 Å². The number of anilines is 1. The van der Waals surface area contributed by atoms with Crippen molar-refractivity contribution in [2.24, 2.45) is 0 Å². The molecule has 0 bridgehead atoms. The topological polar surface area (TPSA) is 66.5 Å². The number of benzene rings is 3. The number of rotatable bonds is 7. The first kappa shape index (κ1) is 20.8. The van der Waals surface area contributed by atoms with Crippen LogP contribution in [-0.4, -0.2) is 25.2 Å². The van der Waals surface area contributed by atoms with Crippen molar-refractivity contribution >= 4 is 21.6 Å². The molecule has 150 valence electrons. The summed E-state index contributed by atoms with van der Waals surface area (Å²) in [5, 5.41) is 2.83. The van der Waals surface area contributed by atoms with E-state index in [-0.39, 0.29) is 23.9 Å². The Labute approximate surface area is 172 Å². The lowest BCUT2D eigenvalue weighted by Crippen LogP contribution is -2.37. The maximum Gasteiger partial charge on any atom is 0.243 e. The second-order valence-corrected chi connectivity index (χ2v) is 8.88. The summed E-state index contributed by atoms with van der Waals surface area (Å²) in [5.74, 6) is -0.382. The minimum atomic E-state index is -3.83. The standard InChI is InChI=1S/C23H24N2O3S/c1-18-13-14-22(19(2)15-18)24-23(26)17-25(16-20-9-5-3-6-10-20)29(27,28)21-11-7-4-8-12-21/h3-15H,16-17H2,1-2H3,(H,24,26). The van der Waals surface area contributed by atoms with E-state index in [1.807, 2.05) is 62.4 Å². The Bertz CT molecular complexity index is 1080. The van der Waals surface area contributed by atoms with Gasteiger partial charge < -0.3 is 5.32 Å². The Hall–Kier alpha value is -2.96. The second-order valence-electron chi connectivity index (χ2n) is 6.94. The van der Waals surface area contributed by atoms with Crippen molar-refractivity contribution in [2.75, 3.05) is 11.9 Å². The molecule has 6 heteroatoms. The van der Waals surface area contributed by atoms with Gasteiger partial charge in [0.05, 0.1) is 11.4 Å². The lowest BCUT2D eigenvalue weighted by atomic mass is 10.1. The van der Waals surface area contributed by atoms with Crippen LogP contribution in [0.1, 0.15) is 16.7 Å². The lowest BCUT2D eigenvalue weighted by molar-refractivity contribution is -0.116. The molecule has 0 saturated carbocycles. The molecule has 0 aromatic heterocycles. The predicted molar refractivity (Wildman–Crippen MR) is 115 cm³/mol. The van der Waals surface area contributed by atoms with Gasteiger partial charge in [0, 0.05) is 12.2 Å². The Morgan fingerprint density at radius 1 is 0.897 bits per heavy atom. The van der Waals surface area contributed by atoms with E-state index in [1.54, 1.807) is 18.2 Å². The molecular formula is C23H24N2O3S. The van der Waals surface area contributed by atoms with Crippen molar-refractivity contribution in [1.82, 2.24) is 4.31 Å². The first-order chi connectivity index (χ1) is 13.9. The molecule has 0 fully saturated rings. The summed E-state index contributed by atoms with van der Waals surface area (Å²) < 4.78 is 27.6. The predicted octanol–water partition coefficient (Wildman–Crippen LogP) is 4.13. The summed E-state index contributed by atoms with van der Waals surface area (Å²) >= 11 is 0. The highest BCUT2D eigenvalue weighted by Crippen LogP contribution is 2.20. The van der Waals surface area contributed by atoms with E-state index in [0.717, 1.165) is 16.7 Å². The van der Waals surface area contributed by atoms with Crippen LogP contribution < -0.4 is 5.32 Å². The molecule has 5 nitrogen and oxygen atoms in total. The van der Waals surface area contributed by atoms with E-state index < -0.39 is 10.0 Å². The number of sulfonamides is 1. The molecule has 29 heavy (non-hydrogen) atoms. The van der Waals surface area contributed by atoms with Gasteiger partial charge in [0.2, 0.25) is 15.9 Å². The molecule has 0 aliphatic carbocycles. The number of carbonyl (C=O) groups is 1. The molecule has 3 aromatic rings. The molecule has 0 heterocycles. The van der Waals surface area contributed by atoms with Crippen LogP contribution in [0.5, 0.6) is 0 Å². The Morgan fingerprint density at radius 2 is 1.52 bits per heavy atom. The average molecular weight is 409 g/mol. The van der Waals surface area contributed by atoms with Gasteiger partial charge in [-0.3, -0.25) is 4.79 Å². The monoisotopic (exact) mass is 408 g/mol. The number of hydrogen-bond acceptors (Lipinski definition) is 3. The third-order valence-electron chi connectivity index (χ3n) is 4.56. The van der Waals surface area contributed by atoms with Crippen molar-refractivity contribution in [3.63, 3.8) is 0 Å². The van der Waals surface area contributed by atoms with Crippen molar-refractivity contribution in [3.05, 3.63) is 95.6 Å². The normalized spacial score (nSPS) is 11.4. The minimum Gasteiger partial charge on any atom is -0.325 e. The Morgan fingerprint density at radius 3 is 2.14 bits per heavy atom. The molecule has 1 amide bonds. The van der Waals surface area contributed by atoms with Gasteiger partial charge in [-0.2, -0.15) is 4.31 Å². The molecule has 1 N–H and O–H groups in total. The molecule has 0 unspecified atom stereocenters. The van der Waals surface area contributed by atoms with Crippen molar-refractivity contribution in [3.8, 4) is 0 Å². The average Bonchev–Trinajstić information content (AvgIpc) is 2.71. The van der Waals surface area contributed by atoms with Crippen LogP contribution in [0, 0.1) is 13.8 Å². The number of aryl methyl sites for hydroxylation is 2. The first-order valence-electron chi connectivity index (χ1n) is 9.32. The maximum absolute atomic E-state index is 13.2. The van der Waals surface area contributed by atoms with Gasteiger partial charge in [-0.05, 0) is 43.2 Å².